The molecule has 0 N–H and O–H groups in total. The number of rotatable bonds is 12. The number of oxazole rings is 1. The first kappa shape index (κ1) is 108. The molecule has 0 saturated heterocycles. The van der Waals surface area contributed by atoms with Crippen LogP contribution < -0.4 is 0 Å². The molecule has 0 aliphatic heterocycles. The molecule has 0 radical (unpaired) electrons. The lowest BCUT2D eigenvalue weighted by molar-refractivity contribution is 0.397. The largest absolute Gasteiger partial charge is 0.437 e. The van der Waals surface area contributed by atoms with Crippen molar-refractivity contribution in [2.45, 2.75) is 237 Å². The second kappa shape index (κ2) is 59.3. The summed E-state index contributed by atoms with van der Waals surface area (Å²) >= 11 is 6.25. The molecular weight excluding hydrogens is 1670 g/mol. The minimum absolute atomic E-state index is 0.0312. The van der Waals surface area contributed by atoms with Crippen molar-refractivity contribution in [1.29, 1.82) is 52.6 Å². The topological polar surface area (TPSA) is 574 Å². The Kier molecular flexibility index (Phi) is 51.5. The van der Waals surface area contributed by atoms with Gasteiger partial charge in [-0.1, -0.05) is 188 Å². The Hall–Kier alpha value is -14.4. The maximum Gasteiger partial charge on any atom is 0.329 e. The Morgan fingerprint density at radius 3 is 1.23 bits per heavy atom. The van der Waals surface area contributed by atoms with Crippen molar-refractivity contribution < 1.29 is 13.4 Å². The predicted octanol–water partition coefficient (Wildman–Crippen LogP) is 17.6. The van der Waals surface area contributed by atoms with Gasteiger partial charge in [-0.05, 0) is 76.6 Å². The number of terminal acetylenes is 2. The van der Waals surface area contributed by atoms with Crippen LogP contribution in [-0.4, -0.2) is 113 Å². The average molecular weight is 1760 g/mol. The molecule has 0 fully saturated rings. The normalized spacial score (nSPS) is 9.74. The van der Waals surface area contributed by atoms with E-state index in [4.69, 9.17) is 74.3 Å². The van der Waals surface area contributed by atoms with Gasteiger partial charge >= 0.3 is 17.7 Å². The monoisotopic (exact) mass is 1760 g/mol. The van der Waals surface area contributed by atoms with E-state index in [9.17, 15) is 0 Å². The van der Waals surface area contributed by atoms with Crippen molar-refractivity contribution in [3.8, 4) is 85.4 Å². The zero-order chi connectivity index (χ0) is 93.6. The molecule has 12 heterocycles. The summed E-state index contributed by atoms with van der Waals surface area (Å²) in [4.78, 5) is 55.2. The summed E-state index contributed by atoms with van der Waals surface area (Å²) in [5, 5.41) is 107. The van der Waals surface area contributed by atoms with Crippen molar-refractivity contribution in [1.82, 2.24) is 113 Å². The molecule has 0 aliphatic carbocycles. The van der Waals surface area contributed by atoms with Gasteiger partial charge in [-0.3, -0.25) is 4.98 Å². The van der Waals surface area contributed by atoms with Crippen molar-refractivity contribution in [3.05, 3.63) is 190 Å². The summed E-state index contributed by atoms with van der Waals surface area (Å²) in [5.41, 5.74) is 6.38. The van der Waals surface area contributed by atoms with Crippen molar-refractivity contribution in [3.63, 3.8) is 0 Å². The lowest BCUT2D eigenvalue weighted by Crippen LogP contribution is -2.00. The van der Waals surface area contributed by atoms with Gasteiger partial charge in [-0.15, -0.1) is 39.5 Å². The summed E-state index contributed by atoms with van der Waals surface area (Å²) < 4.78 is 30.3. The number of nitrogens with zero attached hydrogens (tertiary/aromatic N) is 33. The molecule has 0 aromatic carbocycles. The van der Waals surface area contributed by atoms with Gasteiger partial charge in [-0.25, -0.2) is 59.8 Å². The van der Waals surface area contributed by atoms with E-state index in [2.05, 4.69) is 157 Å². The van der Waals surface area contributed by atoms with Crippen LogP contribution in [0.15, 0.2) is 68.2 Å². The number of hydrogen-bond donors (Lipinski definition) is 0. The van der Waals surface area contributed by atoms with E-state index in [1.165, 1.54) is 47.0 Å². The summed E-state index contributed by atoms with van der Waals surface area (Å²) in [7, 11) is 0. The van der Waals surface area contributed by atoms with Crippen molar-refractivity contribution in [2.24, 2.45) is 0 Å². The van der Waals surface area contributed by atoms with Gasteiger partial charge in [-0.2, -0.15) is 75.1 Å². The average Bonchev–Trinajstić information content (AvgIpc) is 1.46. The van der Waals surface area contributed by atoms with E-state index in [0.29, 0.717) is 102 Å². The Morgan fingerprint density at radius 2 is 0.871 bits per heavy atom. The van der Waals surface area contributed by atoms with Gasteiger partial charge in [0.1, 0.15) is 100 Å². The highest BCUT2D eigenvalue weighted by molar-refractivity contribution is 7.11. The van der Waals surface area contributed by atoms with Crippen LogP contribution in [0.5, 0.6) is 0 Å². The van der Waals surface area contributed by atoms with E-state index in [-0.39, 0.29) is 53.0 Å². The fraction of sp³-hybridized carbons (Fsp3) is 0.434. The van der Waals surface area contributed by atoms with Gasteiger partial charge < -0.3 is 13.4 Å². The lowest BCUT2D eigenvalue weighted by Gasteiger charge is -2.04. The smallest absolute Gasteiger partial charge is 0.329 e. The van der Waals surface area contributed by atoms with Gasteiger partial charge in [0.15, 0.2) is 29.0 Å². The second-order valence-electron chi connectivity index (χ2n) is 28.2. The minimum Gasteiger partial charge on any atom is -0.437 e. The third-order valence-electron chi connectivity index (χ3n) is 14.1. The van der Waals surface area contributed by atoms with E-state index in [0.717, 1.165) is 74.0 Å². The summed E-state index contributed by atoms with van der Waals surface area (Å²) in [6, 6.07) is 22.4. The Morgan fingerprint density at radius 1 is 0.347 bits per heavy atom. The molecule has 0 unspecified atom stereocenters. The lowest BCUT2D eigenvalue weighted by atomic mass is 10.1. The molecule has 124 heavy (non-hydrogen) atoms. The highest BCUT2D eigenvalue weighted by Gasteiger charge is 2.14. The van der Waals surface area contributed by atoms with Crippen LogP contribution in [0.1, 0.15) is 372 Å². The molecule has 0 spiro atoms. The molecule has 0 aliphatic rings. The van der Waals surface area contributed by atoms with Gasteiger partial charge in [0.05, 0.1) is 34.5 Å². The third-order valence-corrected chi connectivity index (χ3v) is 17.8. The number of aromatic nitrogens is 23. The van der Waals surface area contributed by atoms with E-state index in [1.807, 2.05) is 198 Å². The van der Waals surface area contributed by atoms with E-state index >= 15 is 0 Å². The van der Waals surface area contributed by atoms with Crippen LogP contribution in [0.2, 0.25) is 0 Å². The molecule has 41 heteroatoms. The first-order chi connectivity index (χ1) is 58.9. The standard InChI is InChI=1S/C9H10N2.2C8H9N3.C7H8N4.C7H8N2O.2C7H8N2S.2C6H7N3O.3C6H7N3S/c1-4-8-9(7(2)3)11-6-5-10-8;1-6(2)7-3-4-10-8(5-9)11-7;1-6(2)8-10-4-3-7(5-9)11-8;1-5(2)7-10-4-9-6(3-8)11-7;2*1-5(2)6-4-10-7(3-8)9-6;1-4-6-7(5(2)3)9-10-8-6;1-4(2)6-9-8-5(3-7)10-6;1-4(2)6-8-5(3-7)10-9-6;1-4(2)6-9-8-5(3-7)10-6;2*1-4(2)6-8-5(3-7)10-9-6/h1,5-7H,2-3H3;2*3-4,6H,1-2H3;4-5H,1-2H3;2*4-5H,1-2H3;1,5H,2-3H3;5*4H,1-2H3. The molecule has 0 bridgehead atoms. The van der Waals surface area contributed by atoms with Gasteiger partial charge in [0, 0.05) is 77.3 Å². The zero-order valence-electron chi connectivity index (χ0n) is 73.3. The molecule has 0 atom stereocenters. The highest BCUT2D eigenvalue weighted by atomic mass is 32.1. The molecule has 12 aromatic heterocycles. The first-order valence-corrected chi connectivity index (χ1v) is 41.9. The second-order valence-corrected chi connectivity index (χ2v) is 32.1. The number of hydrogen-bond acceptors (Lipinski definition) is 41. The minimum atomic E-state index is 0.0312. The summed E-state index contributed by atoms with van der Waals surface area (Å²) in [5.74, 6) is 13.4. The van der Waals surface area contributed by atoms with Crippen molar-refractivity contribution in [2.75, 3.05) is 0 Å². The third kappa shape index (κ3) is 41.5. The van der Waals surface area contributed by atoms with Crippen molar-refractivity contribution >= 4 is 57.5 Å². The first-order valence-electron chi connectivity index (χ1n) is 37.9. The quantitative estimate of drug-likeness (QED) is 0.103. The number of nitriles is 10. The Balaban J connectivity index is 0.000000677. The fourth-order valence-corrected chi connectivity index (χ4v) is 10.7. The molecule has 0 amide bonds. The molecule has 0 saturated carbocycles. The van der Waals surface area contributed by atoms with Crippen LogP contribution in [0.4, 0.5) is 0 Å². The maximum atomic E-state index is 8.50. The van der Waals surface area contributed by atoms with Crippen LogP contribution >= 0.6 is 57.5 Å². The Bertz CT molecular complexity index is 5010. The van der Waals surface area contributed by atoms with Gasteiger partial charge in [0.2, 0.25) is 32.6 Å². The Labute approximate surface area is 743 Å². The molecular formula is C83H95N33O3S5. The van der Waals surface area contributed by atoms with Gasteiger partial charge in [0.25, 0.3) is 0 Å². The van der Waals surface area contributed by atoms with Crippen LogP contribution in [-0.2, 0) is 0 Å². The molecule has 12 rings (SSSR count). The highest BCUT2D eigenvalue weighted by Crippen LogP contribution is 2.22. The maximum absolute atomic E-state index is 8.50. The van der Waals surface area contributed by atoms with Crippen LogP contribution in [0.25, 0.3) is 0 Å². The zero-order valence-corrected chi connectivity index (χ0v) is 77.4. The fourth-order valence-electron chi connectivity index (χ4n) is 7.44. The summed E-state index contributed by atoms with van der Waals surface area (Å²) in [6.07, 6.45) is 19.8. The predicted molar refractivity (Wildman–Crippen MR) is 465 cm³/mol. The molecule has 640 valence electrons. The molecule has 12 aromatic rings. The summed E-state index contributed by atoms with van der Waals surface area (Å²) in [6.45, 7) is 48.1. The SMILES string of the molecule is C#Cc1nccnc1C(C)C.C#Cc1nsnc1C(C)C.CC(C)c1ccnc(C#N)n1.CC(C)c1coc(C#N)n1.CC(C)c1csc(C#N)n1.CC(C)c1nccc(C#N)n1.CC(C)c1ncnc(C#N)n1.CC(C)c1nnc(C#N)o1.CC(C)c1nnc(C#N)s1.CC(C)c1noc(C#N)n1.CC(C)c1nsc(C#N)n1.CC(C)c1nsc(C#N)n1. The van der Waals surface area contributed by atoms with E-state index in [1.54, 1.807) is 43.0 Å². The molecule has 36 nitrogen and oxygen atoms in total. The van der Waals surface area contributed by atoms with Crippen LogP contribution in [0, 0.1) is 138 Å². The van der Waals surface area contributed by atoms with E-state index < -0.39 is 0 Å². The number of thiazole rings is 1. The van der Waals surface area contributed by atoms with Crippen LogP contribution in [0.3, 0.4) is 0 Å².